The van der Waals surface area contributed by atoms with Gasteiger partial charge in [0.1, 0.15) is 0 Å². The van der Waals surface area contributed by atoms with Crippen LogP contribution in [0.4, 0.5) is 0 Å². The van der Waals surface area contributed by atoms with Gasteiger partial charge in [0.25, 0.3) is 0 Å². The zero-order chi connectivity index (χ0) is 15.1. The number of benzene rings is 1. The Morgan fingerprint density at radius 2 is 1.76 bits per heavy atom. The van der Waals surface area contributed by atoms with E-state index in [4.69, 9.17) is 5.73 Å². The van der Waals surface area contributed by atoms with Gasteiger partial charge >= 0.3 is 0 Å². The van der Waals surface area contributed by atoms with E-state index in [2.05, 4.69) is 53.2 Å². The van der Waals surface area contributed by atoms with Crippen LogP contribution in [0.5, 0.6) is 0 Å². The van der Waals surface area contributed by atoms with Gasteiger partial charge in [-0.25, -0.2) is 0 Å². The molecule has 1 fully saturated rings. The number of rotatable bonds is 4. The minimum absolute atomic E-state index is 0.275. The van der Waals surface area contributed by atoms with E-state index in [9.17, 15) is 0 Å². The molecule has 2 rings (SSSR count). The molecule has 1 unspecified atom stereocenters. The fourth-order valence-corrected chi connectivity index (χ4v) is 2.82. The molecule has 1 aromatic rings. The molecule has 0 amide bonds. The van der Waals surface area contributed by atoms with Crippen LogP contribution in [-0.4, -0.2) is 49.5 Å². The number of hydrogen-bond donors (Lipinski definition) is 1. The van der Waals surface area contributed by atoms with Gasteiger partial charge in [-0.15, -0.1) is 0 Å². The summed E-state index contributed by atoms with van der Waals surface area (Å²) in [6.45, 7) is 2.81. The van der Waals surface area contributed by atoms with Crippen LogP contribution in [0.25, 0.3) is 0 Å². The second kappa shape index (κ2) is 8.03. The summed E-state index contributed by atoms with van der Waals surface area (Å²) in [6, 6.07) is 10.8. The number of hydrogen-bond acceptors (Lipinski definition) is 2. The van der Waals surface area contributed by atoms with Crippen molar-refractivity contribution in [1.82, 2.24) is 9.80 Å². The molecule has 0 bridgehead atoms. The normalized spacial score (nSPS) is 18.6. The van der Waals surface area contributed by atoms with Crippen molar-refractivity contribution in [3.63, 3.8) is 0 Å². The Morgan fingerprint density at radius 1 is 1.14 bits per heavy atom. The van der Waals surface area contributed by atoms with E-state index in [1.165, 1.54) is 31.2 Å². The zero-order valence-electron chi connectivity index (χ0n) is 13.3. The van der Waals surface area contributed by atoms with Gasteiger partial charge in [-0.1, -0.05) is 43.2 Å². The summed E-state index contributed by atoms with van der Waals surface area (Å²) in [4.78, 5) is 9.11. The quantitative estimate of drug-likeness (QED) is 0.684. The van der Waals surface area contributed by atoms with E-state index >= 15 is 0 Å². The van der Waals surface area contributed by atoms with Crippen LogP contribution in [0.1, 0.15) is 37.3 Å². The molecule has 2 N–H and O–H groups in total. The first kappa shape index (κ1) is 15.8. The van der Waals surface area contributed by atoms with Crippen LogP contribution in [0.3, 0.4) is 0 Å². The van der Waals surface area contributed by atoms with Crippen molar-refractivity contribution in [1.29, 1.82) is 0 Å². The second-order valence-electron chi connectivity index (χ2n) is 5.99. The number of guanidine groups is 1. The number of aliphatic imine (C=N–C) groups is 1. The smallest absolute Gasteiger partial charge is 0.191 e. The highest BCUT2D eigenvalue weighted by atomic mass is 15.3. The van der Waals surface area contributed by atoms with Crippen molar-refractivity contribution < 1.29 is 0 Å². The Kier molecular flexibility index (Phi) is 6.05. The minimum atomic E-state index is 0.275. The molecule has 21 heavy (non-hydrogen) atoms. The lowest BCUT2D eigenvalue weighted by molar-refractivity contribution is 0.305. The van der Waals surface area contributed by atoms with E-state index in [0.717, 1.165) is 13.1 Å². The van der Waals surface area contributed by atoms with Crippen molar-refractivity contribution in [2.45, 2.75) is 31.7 Å². The highest BCUT2D eigenvalue weighted by molar-refractivity contribution is 5.78. The highest BCUT2D eigenvalue weighted by Gasteiger charge is 2.15. The highest BCUT2D eigenvalue weighted by Crippen LogP contribution is 2.18. The third-order valence-corrected chi connectivity index (χ3v) is 4.16. The molecule has 4 heteroatoms. The molecule has 0 saturated carbocycles. The van der Waals surface area contributed by atoms with E-state index in [1.807, 2.05) is 6.07 Å². The first-order valence-electron chi connectivity index (χ1n) is 7.94. The van der Waals surface area contributed by atoms with Gasteiger partial charge in [-0.05, 0) is 32.5 Å². The van der Waals surface area contributed by atoms with Crippen molar-refractivity contribution in [3.8, 4) is 0 Å². The lowest BCUT2D eigenvalue weighted by Crippen LogP contribution is -2.38. The maximum absolute atomic E-state index is 6.20. The van der Waals surface area contributed by atoms with Crippen LogP contribution < -0.4 is 5.73 Å². The van der Waals surface area contributed by atoms with E-state index in [1.54, 1.807) is 0 Å². The average Bonchev–Trinajstić information content (AvgIpc) is 2.77. The predicted octanol–water partition coefficient (Wildman–Crippen LogP) is 2.48. The number of likely N-dealkylation sites (N-methyl/N-ethyl adjacent to an activating group) is 1. The Hall–Kier alpha value is -1.55. The average molecular weight is 288 g/mol. The fourth-order valence-electron chi connectivity index (χ4n) is 2.82. The topological polar surface area (TPSA) is 44.9 Å². The van der Waals surface area contributed by atoms with E-state index in [-0.39, 0.29) is 6.04 Å². The largest absolute Gasteiger partial charge is 0.370 e. The number of nitrogens with two attached hydrogens (primary N) is 1. The van der Waals surface area contributed by atoms with E-state index in [0.29, 0.717) is 12.5 Å². The van der Waals surface area contributed by atoms with Crippen LogP contribution in [0.15, 0.2) is 35.3 Å². The molecule has 1 saturated heterocycles. The van der Waals surface area contributed by atoms with Crippen molar-refractivity contribution in [2.24, 2.45) is 10.7 Å². The lowest BCUT2D eigenvalue weighted by atomic mass is 10.1. The number of likely N-dealkylation sites (tertiary alicyclic amines) is 1. The molecular formula is C17H28N4. The summed E-state index contributed by atoms with van der Waals surface area (Å²) in [5.74, 6) is 0.708. The Labute approximate surface area is 128 Å². The summed E-state index contributed by atoms with van der Waals surface area (Å²) in [7, 11) is 4.19. The van der Waals surface area contributed by atoms with Crippen LogP contribution in [0, 0.1) is 0 Å². The lowest BCUT2D eigenvalue weighted by Gasteiger charge is -2.25. The standard InChI is InChI=1S/C17H28N4/c1-20(2)16(15-10-6-5-7-11-15)14-19-17(18)21-12-8-3-4-9-13-21/h5-7,10-11,16H,3-4,8-9,12-14H2,1-2H3,(H2,18,19). The Bertz CT molecular complexity index is 433. The van der Waals surface area contributed by atoms with Crippen LogP contribution >= 0.6 is 0 Å². The molecule has 1 aliphatic heterocycles. The Morgan fingerprint density at radius 3 is 2.33 bits per heavy atom. The molecule has 1 heterocycles. The van der Waals surface area contributed by atoms with Gasteiger partial charge in [0.2, 0.25) is 0 Å². The van der Waals surface area contributed by atoms with Gasteiger partial charge < -0.3 is 15.5 Å². The van der Waals surface area contributed by atoms with Gasteiger partial charge in [-0.3, -0.25) is 4.99 Å². The Balaban J connectivity index is 2.01. The molecule has 116 valence electrons. The van der Waals surface area contributed by atoms with Crippen molar-refractivity contribution >= 4 is 5.96 Å². The molecule has 0 radical (unpaired) electrons. The maximum Gasteiger partial charge on any atom is 0.191 e. The first-order valence-corrected chi connectivity index (χ1v) is 7.94. The monoisotopic (exact) mass is 288 g/mol. The van der Waals surface area contributed by atoms with Crippen LogP contribution in [0.2, 0.25) is 0 Å². The predicted molar refractivity (Wildman–Crippen MR) is 89.4 cm³/mol. The molecule has 1 aliphatic rings. The minimum Gasteiger partial charge on any atom is -0.370 e. The second-order valence-corrected chi connectivity index (χ2v) is 5.99. The zero-order valence-corrected chi connectivity index (χ0v) is 13.3. The summed E-state index contributed by atoms with van der Waals surface area (Å²) < 4.78 is 0. The third-order valence-electron chi connectivity index (χ3n) is 4.16. The molecule has 4 nitrogen and oxygen atoms in total. The van der Waals surface area contributed by atoms with Gasteiger partial charge in [0, 0.05) is 13.1 Å². The first-order chi connectivity index (χ1) is 10.2. The fraction of sp³-hybridized carbons (Fsp3) is 0.588. The summed E-state index contributed by atoms with van der Waals surface area (Å²) in [5.41, 5.74) is 7.49. The molecule has 0 spiro atoms. The summed E-state index contributed by atoms with van der Waals surface area (Å²) >= 11 is 0. The molecule has 1 aromatic carbocycles. The maximum atomic E-state index is 6.20. The SMILES string of the molecule is CN(C)C(CN=C(N)N1CCCCCC1)c1ccccc1. The summed E-state index contributed by atoms with van der Waals surface area (Å²) in [6.07, 6.45) is 5.08. The molecule has 0 aromatic heterocycles. The van der Waals surface area contributed by atoms with Gasteiger partial charge in [0.15, 0.2) is 5.96 Å². The van der Waals surface area contributed by atoms with Crippen LogP contribution in [-0.2, 0) is 0 Å². The molecular weight excluding hydrogens is 260 g/mol. The summed E-state index contributed by atoms with van der Waals surface area (Å²) in [5, 5.41) is 0. The van der Waals surface area contributed by atoms with Crippen molar-refractivity contribution in [2.75, 3.05) is 33.7 Å². The molecule has 0 aliphatic carbocycles. The number of nitrogens with zero attached hydrogens (tertiary/aromatic N) is 3. The van der Waals surface area contributed by atoms with Crippen molar-refractivity contribution in [3.05, 3.63) is 35.9 Å². The van der Waals surface area contributed by atoms with E-state index < -0.39 is 0 Å². The molecule has 1 atom stereocenters. The van der Waals surface area contributed by atoms with Gasteiger partial charge in [0.05, 0.1) is 12.6 Å². The third kappa shape index (κ3) is 4.74. The van der Waals surface area contributed by atoms with Gasteiger partial charge in [-0.2, -0.15) is 0 Å².